The van der Waals surface area contributed by atoms with Gasteiger partial charge in [0.05, 0.1) is 12.0 Å². The van der Waals surface area contributed by atoms with Gasteiger partial charge in [-0.25, -0.2) is 0 Å². The molecule has 0 aliphatic rings. The molecule has 0 radical (unpaired) electrons. The van der Waals surface area contributed by atoms with Crippen molar-refractivity contribution in [3.63, 3.8) is 0 Å². The normalized spacial score (nSPS) is 11.4. The third-order valence-corrected chi connectivity index (χ3v) is 3.82. The van der Waals surface area contributed by atoms with Gasteiger partial charge in [0.25, 0.3) is 0 Å². The van der Waals surface area contributed by atoms with Crippen molar-refractivity contribution in [1.82, 2.24) is 0 Å². The van der Waals surface area contributed by atoms with Crippen LogP contribution in [0.25, 0.3) is 11.1 Å². The summed E-state index contributed by atoms with van der Waals surface area (Å²) in [6, 6.07) is 10.8. The Morgan fingerprint density at radius 2 is 1.76 bits per heavy atom. The Balaban J connectivity index is 2.66. The fourth-order valence-electron chi connectivity index (χ4n) is 2.03. The second kappa shape index (κ2) is 6.05. The molecule has 0 aliphatic heterocycles. The second-order valence-electron chi connectivity index (χ2n) is 4.42. The molecule has 2 aromatic rings. The maximum absolute atomic E-state index is 13.0. The van der Waals surface area contributed by atoms with Crippen LogP contribution >= 0.6 is 22.6 Å². The summed E-state index contributed by atoms with van der Waals surface area (Å²) >= 11 is 1.58. The summed E-state index contributed by atoms with van der Waals surface area (Å²) in [5, 5.41) is 8.93. The fraction of sp³-hybridized carbons (Fsp3) is 0.133. The predicted molar refractivity (Wildman–Crippen MR) is 80.9 cm³/mol. The molecule has 0 amide bonds. The van der Waals surface area contributed by atoms with Gasteiger partial charge < -0.3 is 5.11 Å². The fourth-order valence-corrected chi connectivity index (χ4v) is 2.86. The molecule has 2 rings (SSSR count). The summed E-state index contributed by atoms with van der Waals surface area (Å²) in [4.78, 5) is 10.9. The minimum Gasteiger partial charge on any atom is -0.481 e. The third-order valence-electron chi connectivity index (χ3n) is 2.92. The van der Waals surface area contributed by atoms with E-state index in [1.165, 1.54) is 6.07 Å². The molecule has 0 aliphatic carbocycles. The molecule has 110 valence electrons. The van der Waals surface area contributed by atoms with Gasteiger partial charge in [-0.15, -0.1) is 0 Å². The molecule has 0 spiro atoms. The molecule has 0 unspecified atom stereocenters. The number of carbonyl (C=O) groups is 1. The van der Waals surface area contributed by atoms with Crippen molar-refractivity contribution in [3.8, 4) is 11.1 Å². The molecule has 0 bridgehead atoms. The number of rotatable bonds is 3. The van der Waals surface area contributed by atoms with E-state index in [0.29, 0.717) is 16.7 Å². The van der Waals surface area contributed by atoms with Gasteiger partial charge in [0.2, 0.25) is 0 Å². The van der Waals surface area contributed by atoms with Crippen LogP contribution in [0.2, 0.25) is 0 Å². The van der Waals surface area contributed by atoms with E-state index < -0.39 is 17.7 Å². The molecule has 6 heteroatoms. The topological polar surface area (TPSA) is 37.3 Å². The van der Waals surface area contributed by atoms with E-state index in [1.807, 2.05) is 0 Å². The summed E-state index contributed by atoms with van der Waals surface area (Å²) in [5.74, 6) is -1.08. The van der Waals surface area contributed by atoms with Crippen LogP contribution in [0.15, 0.2) is 42.5 Å². The van der Waals surface area contributed by atoms with E-state index in [-0.39, 0.29) is 9.99 Å². The van der Waals surface area contributed by atoms with Gasteiger partial charge in [-0.1, -0.05) is 30.3 Å². The molecule has 0 aromatic heterocycles. The van der Waals surface area contributed by atoms with Crippen molar-refractivity contribution in [2.24, 2.45) is 0 Å². The van der Waals surface area contributed by atoms with Crippen LogP contribution in [0.5, 0.6) is 0 Å². The SMILES string of the molecule is O=C(O)Cc1cc(I)c(C(F)(F)F)cc1-c1ccccc1. The van der Waals surface area contributed by atoms with Crippen LogP contribution in [0, 0.1) is 3.57 Å². The maximum Gasteiger partial charge on any atom is 0.417 e. The number of alkyl halides is 3. The van der Waals surface area contributed by atoms with Gasteiger partial charge in [0, 0.05) is 3.57 Å². The molecule has 2 aromatic carbocycles. The van der Waals surface area contributed by atoms with Crippen LogP contribution in [-0.2, 0) is 17.4 Å². The summed E-state index contributed by atoms with van der Waals surface area (Å²) in [7, 11) is 0. The van der Waals surface area contributed by atoms with Gasteiger partial charge in [-0.2, -0.15) is 13.2 Å². The van der Waals surface area contributed by atoms with Gasteiger partial charge in [-0.3, -0.25) is 4.79 Å². The monoisotopic (exact) mass is 406 g/mol. The smallest absolute Gasteiger partial charge is 0.417 e. The molecular weight excluding hydrogens is 396 g/mol. The first-order valence-corrected chi connectivity index (χ1v) is 7.03. The lowest BCUT2D eigenvalue weighted by molar-refractivity contribution is -0.138. The number of hydrogen-bond donors (Lipinski definition) is 1. The summed E-state index contributed by atoms with van der Waals surface area (Å²) in [6.45, 7) is 0. The highest BCUT2D eigenvalue weighted by Crippen LogP contribution is 2.37. The van der Waals surface area contributed by atoms with Crippen molar-refractivity contribution in [2.75, 3.05) is 0 Å². The lowest BCUT2D eigenvalue weighted by atomic mass is 9.95. The van der Waals surface area contributed by atoms with Crippen LogP contribution < -0.4 is 0 Å². The van der Waals surface area contributed by atoms with E-state index in [1.54, 1.807) is 52.9 Å². The Hall–Kier alpha value is -1.57. The first-order chi connectivity index (χ1) is 9.79. The molecular formula is C15H10F3IO2. The number of aliphatic carboxylic acids is 1. The number of carboxylic acids is 1. The zero-order valence-corrected chi connectivity index (χ0v) is 12.8. The first kappa shape index (κ1) is 15.8. The van der Waals surface area contributed by atoms with Crippen molar-refractivity contribution in [2.45, 2.75) is 12.6 Å². The predicted octanol–water partition coefficient (Wildman–Crippen LogP) is 4.60. The highest BCUT2D eigenvalue weighted by molar-refractivity contribution is 14.1. The molecule has 0 saturated heterocycles. The Kier molecular flexibility index (Phi) is 4.55. The maximum atomic E-state index is 13.0. The number of carboxylic acid groups (broad SMARTS) is 1. The van der Waals surface area contributed by atoms with E-state index in [2.05, 4.69) is 0 Å². The second-order valence-corrected chi connectivity index (χ2v) is 5.59. The highest BCUT2D eigenvalue weighted by Gasteiger charge is 2.34. The molecule has 1 N–H and O–H groups in total. The Morgan fingerprint density at radius 1 is 1.14 bits per heavy atom. The Labute approximate surface area is 132 Å². The molecule has 0 saturated carbocycles. The largest absolute Gasteiger partial charge is 0.481 e. The summed E-state index contributed by atoms with van der Waals surface area (Å²) in [5.41, 5.74) is 0.476. The zero-order chi connectivity index (χ0) is 15.6. The number of hydrogen-bond acceptors (Lipinski definition) is 1. The van der Waals surface area contributed by atoms with Crippen LogP contribution in [-0.4, -0.2) is 11.1 Å². The lowest BCUT2D eigenvalue weighted by Gasteiger charge is -2.15. The van der Waals surface area contributed by atoms with Gasteiger partial charge in [0.15, 0.2) is 0 Å². The van der Waals surface area contributed by atoms with Crippen LogP contribution in [0.3, 0.4) is 0 Å². The van der Waals surface area contributed by atoms with Crippen molar-refractivity contribution in [3.05, 3.63) is 57.2 Å². The molecule has 2 nitrogen and oxygen atoms in total. The first-order valence-electron chi connectivity index (χ1n) is 5.96. The lowest BCUT2D eigenvalue weighted by Crippen LogP contribution is -2.10. The van der Waals surface area contributed by atoms with Gasteiger partial charge in [0.1, 0.15) is 0 Å². The molecule has 0 atom stereocenters. The van der Waals surface area contributed by atoms with Crippen LogP contribution in [0.1, 0.15) is 11.1 Å². The van der Waals surface area contributed by atoms with E-state index in [0.717, 1.165) is 6.07 Å². The van der Waals surface area contributed by atoms with Crippen molar-refractivity contribution >= 4 is 28.6 Å². The van der Waals surface area contributed by atoms with Crippen molar-refractivity contribution in [1.29, 1.82) is 0 Å². The van der Waals surface area contributed by atoms with Gasteiger partial charge >= 0.3 is 12.1 Å². The van der Waals surface area contributed by atoms with Gasteiger partial charge in [-0.05, 0) is 51.4 Å². The third kappa shape index (κ3) is 3.75. The summed E-state index contributed by atoms with van der Waals surface area (Å²) < 4.78 is 39.0. The Morgan fingerprint density at radius 3 is 2.29 bits per heavy atom. The average Bonchev–Trinajstić information content (AvgIpc) is 2.37. The zero-order valence-electron chi connectivity index (χ0n) is 10.6. The standard InChI is InChI=1S/C15H10F3IO2/c16-15(17,18)12-8-11(9-4-2-1-3-5-9)10(6-13(12)19)7-14(20)21/h1-6,8H,7H2,(H,20,21). The summed E-state index contributed by atoms with van der Waals surface area (Å²) in [6.07, 6.45) is -4.79. The quantitative estimate of drug-likeness (QED) is 0.757. The average molecular weight is 406 g/mol. The molecule has 21 heavy (non-hydrogen) atoms. The van der Waals surface area contributed by atoms with Crippen molar-refractivity contribution < 1.29 is 23.1 Å². The Bertz CT molecular complexity index is 667. The van der Waals surface area contributed by atoms with E-state index in [4.69, 9.17) is 5.11 Å². The van der Waals surface area contributed by atoms with Crippen LogP contribution in [0.4, 0.5) is 13.2 Å². The molecule has 0 fully saturated rings. The minimum atomic E-state index is -4.47. The minimum absolute atomic E-state index is 0.00367. The highest BCUT2D eigenvalue weighted by atomic mass is 127. The number of benzene rings is 2. The number of halogens is 4. The van der Waals surface area contributed by atoms with E-state index >= 15 is 0 Å². The molecule has 0 heterocycles. The van der Waals surface area contributed by atoms with E-state index in [9.17, 15) is 18.0 Å².